The zero-order valence-corrected chi connectivity index (χ0v) is 14.5. The van der Waals surface area contributed by atoms with Gasteiger partial charge in [-0.3, -0.25) is 4.79 Å². The lowest BCUT2D eigenvalue weighted by atomic mass is 9.69. The maximum Gasteiger partial charge on any atom is 0.223 e. The summed E-state index contributed by atoms with van der Waals surface area (Å²) < 4.78 is 0. The van der Waals surface area contributed by atoms with E-state index in [0.717, 1.165) is 18.4 Å². The topological polar surface area (TPSA) is 29.1 Å². The Morgan fingerprint density at radius 1 is 1.10 bits per heavy atom. The number of nitrogens with one attached hydrogen (secondary N) is 1. The van der Waals surface area contributed by atoms with Crippen LogP contribution in [0.3, 0.4) is 0 Å². The summed E-state index contributed by atoms with van der Waals surface area (Å²) in [7, 11) is 0. The molecule has 0 aromatic heterocycles. The van der Waals surface area contributed by atoms with Crippen molar-refractivity contribution in [2.45, 2.75) is 60.9 Å². The average Bonchev–Trinajstić information content (AvgIpc) is 2.42. The SMILES string of the molecule is CCC(C)(C)C(CC(C)(C)C)C(=O)NCc1ccccc1. The van der Waals surface area contributed by atoms with Crippen molar-refractivity contribution < 1.29 is 4.79 Å². The van der Waals surface area contributed by atoms with Gasteiger partial charge in [-0.1, -0.05) is 78.3 Å². The molecule has 1 aromatic carbocycles. The van der Waals surface area contributed by atoms with E-state index in [0.29, 0.717) is 6.54 Å². The van der Waals surface area contributed by atoms with E-state index < -0.39 is 0 Å². The van der Waals surface area contributed by atoms with Gasteiger partial charge in [0.05, 0.1) is 0 Å². The molecule has 2 nitrogen and oxygen atoms in total. The van der Waals surface area contributed by atoms with Gasteiger partial charge in [-0.2, -0.15) is 0 Å². The fraction of sp³-hybridized carbons (Fsp3) is 0.632. The highest BCUT2D eigenvalue weighted by Gasteiger charge is 2.36. The minimum Gasteiger partial charge on any atom is -0.352 e. The van der Waals surface area contributed by atoms with Crippen molar-refractivity contribution in [2.75, 3.05) is 0 Å². The van der Waals surface area contributed by atoms with E-state index >= 15 is 0 Å². The number of benzene rings is 1. The Balaban J connectivity index is 2.76. The highest BCUT2D eigenvalue weighted by molar-refractivity contribution is 5.79. The maximum atomic E-state index is 12.7. The predicted molar refractivity (Wildman–Crippen MR) is 89.9 cm³/mol. The summed E-state index contributed by atoms with van der Waals surface area (Å²) in [6.07, 6.45) is 1.92. The molecule has 1 amide bonds. The van der Waals surface area contributed by atoms with Crippen molar-refractivity contribution in [2.24, 2.45) is 16.7 Å². The largest absolute Gasteiger partial charge is 0.352 e. The number of rotatable bonds is 6. The average molecular weight is 289 g/mol. The second-order valence-electron chi connectivity index (χ2n) is 7.86. The molecular formula is C19H31NO. The fourth-order valence-corrected chi connectivity index (χ4v) is 2.49. The van der Waals surface area contributed by atoms with Crippen molar-refractivity contribution in [3.8, 4) is 0 Å². The van der Waals surface area contributed by atoms with Crippen LogP contribution in [0.4, 0.5) is 0 Å². The third kappa shape index (κ3) is 5.91. The molecule has 0 fully saturated rings. The predicted octanol–water partition coefficient (Wildman–Crippen LogP) is 4.79. The second-order valence-corrected chi connectivity index (χ2v) is 7.86. The number of carbonyl (C=O) groups is 1. The molecule has 0 radical (unpaired) electrons. The highest BCUT2D eigenvalue weighted by Crippen LogP contribution is 2.38. The third-order valence-electron chi connectivity index (χ3n) is 4.30. The summed E-state index contributed by atoms with van der Waals surface area (Å²) in [6.45, 7) is 13.8. The van der Waals surface area contributed by atoms with Gasteiger partial charge >= 0.3 is 0 Å². The van der Waals surface area contributed by atoms with Gasteiger partial charge in [-0.15, -0.1) is 0 Å². The molecule has 1 aromatic rings. The van der Waals surface area contributed by atoms with Gasteiger partial charge in [0.1, 0.15) is 0 Å². The van der Waals surface area contributed by atoms with Crippen molar-refractivity contribution in [3.63, 3.8) is 0 Å². The Bertz CT molecular complexity index is 442. The molecule has 0 spiro atoms. The van der Waals surface area contributed by atoms with Crippen LogP contribution in [0.25, 0.3) is 0 Å². The number of hydrogen-bond acceptors (Lipinski definition) is 1. The van der Waals surface area contributed by atoms with Crippen LogP contribution < -0.4 is 5.32 Å². The molecule has 1 rings (SSSR count). The molecule has 0 aliphatic rings. The summed E-state index contributed by atoms with van der Waals surface area (Å²) in [5.41, 5.74) is 1.32. The Labute approximate surface area is 130 Å². The first kappa shape index (κ1) is 17.7. The first-order valence-electron chi connectivity index (χ1n) is 7.97. The van der Waals surface area contributed by atoms with Crippen molar-refractivity contribution in [1.82, 2.24) is 5.32 Å². The van der Waals surface area contributed by atoms with E-state index in [1.807, 2.05) is 30.3 Å². The van der Waals surface area contributed by atoms with E-state index in [1.54, 1.807) is 0 Å². The zero-order valence-electron chi connectivity index (χ0n) is 14.5. The van der Waals surface area contributed by atoms with Gasteiger partial charge in [0.2, 0.25) is 5.91 Å². The number of hydrogen-bond donors (Lipinski definition) is 1. The molecule has 1 unspecified atom stereocenters. The van der Waals surface area contributed by atoms with Gasteiger partial charge in [0.25, 0.3) is 0 Å². The Morgan fingerprint density at radius 3 is 2.14 bits per heavy atom. The highest BCUT2D eigenvalue weighted by atomic mass is 16.1. The minimum atomic E-state index is 0.0219. The van der Waals surface area contributed by atoms with Crippen LogP contribution in [0, 0.1) is 16.7 Å². The number of amides is 1. The van der Waals surface area contributed by atoms with Gasteiger partial charge in [0, 0.05) is 12.5 Å². The normalized spacial score (nSPS) is 13.8. The lowest BCUT2D eigenvalue weighted by Gasteiger charge is -2.36. The van der Waals surface area contributed by atoms with Crippen molar-refractivity contribution in [3.05, 3.63) is 35.9 Å². The van der Waals surface area contributed by atoms with Gasteiger partial charge in [0.15, 0.2) is 0 Å². The second kappa shape index (κ2) is 7.11. The van der Waals surface area contributed by atoms with E-state index in [2.05, 4.69) is 46.9 Å². The standard InChI is InChI=1S/C19H31NO/c1-7-19(5,6)16(13-18(2,3)4)17(21)20-14-15-11-9-8-10-12-15/h8-12,16H,7,13-14H2,1-6H3,(H,20,21). The molecule has 21 heavy (non-hydrogen) atoms. The van der Waals surface area contributed by atoms with Gasteiger partial charge in [-0.25, -0.2) is 0 Å². The van der Waals surface area contributed by atoms with Crippen LogP contribution >= 0.6 is 0 Å². The molecule has 2 heteroatoms. The van der Waals surface area contributed by atoms with Crippen LogP contribution in [-0.4, -0.2) is 5.91 Å². The first-order chi connectivity index (χ1) is 9.65. The van der Waals surface area contributed by atoms with Crippen molar-refractivity contribution in [1.29, 1.82) is 0 Å². The van der Waals surface area contributed by atoms with Crippen LogP contribution in [0.5, 0.6) is 0 Å². The summed E-state index contributed by atoms with van der Waals surface area (Å²) in [5.74, 6) is 0.229. The van der Waals surface area contributed by atoms with Gasteiger partial charge < -0.3 is 5.32 Å². The van der Waals surface area contributed by atoms with E-state index in [1.165, 1.54) is 0 Å². The molecule has 0 aliphatic carbocycles. The van der Waals surface area contributed by atoms with Crippen LogP contribution in [0.1, 0.15) is 59.9 Å². The smallest absolute Gasteiger partial charge is 0.223 e. The lowest BCUT2D eigenvalue weighted by Crippen LogP contribution is -2.40. The van der Waals surface area contributed by atoms with Crippen LogP contribution in [0.15, 0.2) is 30.3 Å². The summed E-state index contributed by atoms with van der Waals surface area (Å²) in [5, 5.41) is 3.12. The molecule has 118 valence electrons. The Morgan fingerprint density at radius 2 is 1.67 bits per heavy atom. The van der Waals surface area contributed by atoms with Crippen molar-refractivity contribution >= 4 is 5.91 Å². The monoisotopic (exact) mass is 289 g/mol. The Kier molecular flexibility index (Phi) is 6.00. The third-order valence-corrected chi connectivity index (χ3v) is 4.30. The van der Waals surface area contributed by atoms with E-state index in [4.69, 9.17) is 0 Å². The van der Waals surface area contributed by atoms with Gasteiger partial charge in [-0.05, 0) is 22.8 Å². The van der Waals surface area contributed by atoms with Crippen LogP contribution in [-0.2, 0) is 11.3 Å². The molecule has 1 N–H and O–H groups in total. The van der Waals surface area contributed by atoms with E-state index in [9.17, 15) is 4.79 Å². The first-order valence-corrected chi connectivity index (χ1v) is 7.97. The van der Waals surface area contributed by atoms with Crippen LogP contribution in [0.2, 0.25) is 0 Å². The maximum absolute atomic E-state index is 12.7. The molecule has 1 atom stereocenters. The molecule has 0 heterocycles. The zero-order chi connectivity index (χ0) is 16.1. The fourth-order valence-electron chi connectivity index (χ4n) is 2.49. The summed E-state index contributed by atoms with van der Waals surface area (Å²) >= 11 is 0. The summed E-state index contributed by atoms with van der Waals surface area (Å²) in [4.78, 5) is 12.7. The quantitative estimate of drug-likeness (QED) is 0.801. The molecular weight excluding hydrogens is 258 g/mol. The Hall–Kier alpha value is -1.31. The minimum absolute atomic E-state index is 0.0219. The molecule has 0 aliphatic heterocycles. The molecule has 0 saturated heterocycles. The molecule has 0 bridgehead atoms. The van der Waals surface area contributed by atoms with E-state index in [-0.39, 0.29) is 22.7 Å². The molecule has 0 saturated carbocycles. The summed E-state index contributed by atoms with van der Waals surface area (Å²) in [6, 6.07) is 10.1. The lowest BCUT2D eigenvalue weighted by molar-refractivity contribution is -0.130. The number of carbonyl (C=O) groups excluding carboxylic acids is 1.